The van der Waals surface area contributed by atoms with Gasteiger partial charge in [-0.1, -0.05) is 6.92 Å². The fourth-order valence-electron chi connectivity index (χ4n) is 4.07. The summed E-state index contributed by atoms with van der Waals surface area (Å²) in [7, 11) is -3.47. The van der Waals surface area contributed by atoms with E-state index in [2.05, 4.69) is 11.8 Å². The van der Waals surface area contributed by atoms with Gasteiger partial charge in [-0.2, -0.15) is 4.31 Å². The molecule has 0 N–H and O–H groups in total. The molecule has 0 unspecified atom stereocenters. The molecule has 1 saturated carbocycles. The average Bonchev–Trinajstić information content (AvgIpc) is 3.43. The monoisotopic (exact) mass is 377 g/mol. The van der Waals surface area contributed by atoms with Crippen LogP contribution in [-0.2, 0) is 21.2 Å². The van der Waals surface area contributed by atoms with Crippen molar-refractivity contribution in [3.63, 3.8) is 0 Å². The summed E-state index contributed by atoms with van der Waals surface area (Å²) in [6.45, 7) is 7.73. The smallest absolute Gasteiger partial charge is 0.243 e. The molecule has 0 spiro atoms. The highest BCUT2D eigenvalue weighted by Crippen LogP contribution is 2.39. The van der Waals surface area contributed by atoms with E-state index in [1.165, 1.54) is 0 Å². The van der Waals surface area contributed by atoms with Gasteiger partial charge in [0.05, 0.1) is 4.90 Å². The molecule has 1 saturated heterocycles. The number of anilines is 1. The third-order valence-corrected chi connectivity index (χ3v) is 7.74. The van der Waals surface area contributed by atoms with E-state index in [-0.39, 0.29) is 17.9 Å². The van der Waals surface area contributed by atoms with Crippen molar-refractivity contribution < 1.29 is 13.2 Å². The summed E-state index contributed by atoms with van der Waals surface area (Å²) < 4.78 is 27.6. The van der Waals surface area contributed by atoms with Crippen LogP contribution in [-0.4, -0.2) is 62.3 Å². The van der Waals surface area contributed by atoms with Gasteiger partial charge in [0.1, 0.15) is 0 Å². The van der Waals surface area contributed by atoms with E-state index in [1.807, 2.05) is 17.9 Å². The number of hydrogen-bond acceptors (Lipinski definition) is 4. The highest BCUT2D eigenvalue weighted by molar-refractivity contribution is 7.89. The average molecular weight is 378 g/mol. The number of likely N-dealkylation sites (N-methyl/N-ethyl adjacent to an activating group) is 1. The van der Waals surface area contributed by atoms with Crippen molar-refractivity contribution in [2.24, 2.45) is 5.92 Å². The van der Waals surface area contributed by atoms with Crippen LogP contribution in [0.3, 0.4) is 0 Å². The quantitative estimate of drug-likeness (QED) is 0.801. The number of piperazine rings is 1. The number of hydrogen-bond donors (Lipinski definition) is 0. The lowest BCUT2D eigenvalue weighted by Gasteiger charge is -2.33. The van der Waals surface area contributed by atoms with E-state index in [4.69, 9.17) is 0 Å². The summed E-state index contributed by atoms with van der Waals surface area (Å²) in [6.07, 6.45) is 2.68. The van der Waals surface area contributed by atoms with E-state index >= 15 is 0 Å². The van der Waals surface area contributed by atoms with E-state index in [0.717, 1.165) is 50.1 Å². The number of carbonyl (C=O) groups excluding carboxylic acids is 1. The zero-order valence-corrected chi connectivity index (χ0v) is 16.3. The summed E-state index contributed by atoms with van der Waals surface area (Å²) in [5, 5.41) is 0. The van der Waals surface area contributed by atoms with E-state index in [9.17, 15) is 13.2 Å². The van der Waals surface area contributed by atoms with Crippen molar-refractivity contribution in [3.8, 4) is 0 Å². The normalized spacial score (nSPS) is 24.7. The van der Waals surface area contributed by atoms with Crippen molar-refractivity contribution in [3.05, 3.63) is 23.8 Å². The van der Waals surface area contributed by atoms with Crippen LogP contribution in [0.2, 0.25) is 0 Å². The molecule has 1 aromatic rings. The Bertz CT molecular complexity index is 811. The maximum absolute atomic E-state index is 13.0. The zero-order chi connectivity index (χ0) is 18.5. The van der Waals surface area contributed by atoms with Gasteiger partial charge in [-0.15, -0.1) is 0 Å². The molecule has 6 nitrogen and oxygen atoms in total. The van der Waals surface area contributed by atoms with Crippen molar-refractivity contribution in [2.45, 2.75) is 44.0 Å². The first-order valence-electron chi connectivity index (χ1n) is 9.60. The molecule has 3 aliphatic rings. The highest BCUT2D eigenvalue weighted by atomic mass is 32.2. The van der Waals surface area contributed by atoms with Crippen LogP contribution in [0.25, 0.3) is 0 Å². The van der Waals surface area contributed by atoms with Crippen LogP contribution in [0, 0.1) is 5.92 Å². The second-order valence-corrected chi connectivity index (χ2v) is 9.60. The third kappa shape index (κ3) is 3.06. The zero-order valence-electron chi connectivity index (χ0n) is 15.5. The summed E-state index contributed by atoms with van der Waals surface area (Å²) in [5.41, 5.74) is 1.86. The Labute approximate surface area is 155 Å². The molecule has 2 heterocycles. The molecule has 26 heavy (non-hydrogen) atoms. The van der Waals surface area contributed by atoms with Gasteiger partial charge in [-0.25, -0.2) is 8.42 Å². The van der Waals surface area contributed by atoms with Crippen molar-refractivity contribution >= 4 is 21.6 Å². The number of rotatable bonds is 4. The lowest BCUT2D eigenvalue weighted by molar-refractivity contribution is -0.120. The maximum atomic E-state index is 13.0. The molecule has 142 valence electrons. The van der Waals surface area contributed by atoms with Crippen LogP contribution in [0.1, 0.15) is 32.3 Å². The number of benzene rings is 1. The topological polar surface area (TPSA) is 60.9 Å². The van der Waals surface area contributed by atoms with E-state index in [1.54, 1.807) is 16.4 Å². The van der Waals surface area contributed by atoms with Gasteiger partial charge in [0, 0.05) is 43.8 Å². The standard InChI is InChI=1S/C19H27N3O3S/c1-3-20-8-10-21(11-9-20)26(24,25)17-6-7-18-16(13-17)12-14(2)22(18)19(23)15-4-5-15/h6-7,13-15H,3-5,8-12H2,1-2H3/t14-/m0/s1. The molecular weight excluding hydrogens is 350 g/mol. The molecule has 1 atom stereocenters. The molecule has 0 radical (unpaired) electrons. The Morgan fingerprint density at radius 1 is 1.15 bits per heavy atom. The molecule has 7 heteroatoms. The van der Waals surface area contributed by atoms with Crippen LogP contribution < -0.4 is 4.90 Å². The van der Waals surface area contributed by atoms with Gasteiger partial charge in [0.25, 0.3) is 0 Å². The van der Waals surface area contributed by atoms with E-state index in [0.29, 0.717) is 18.0 Å². The molecule has 1 amide bonds. The second kappa shape index (κ2) is 6.62. The van der Waals surface area contributed by atoms with Gasteiger partial charge < -0.3 is 9.80 Å². The first-order chi connectivity index (χ1) is 12.4. The number of fused-ring (bicyclic) bond motifs is 1. The SMILES string of the molecule is CCN1CCN(S(=O)(=O)c2ccc3c(c2)C[C@H](C)N3C(=O)C2CC2)CC1. The van der Waals surface area contributed by atoms with Crippen LogP contribution >= 0.6 is 0 Å². The van der Waals surface area contributed by atoms with Crippen molar-refractivity contribution in [2.75, 3.05) is 37.6 Å². The molecule has 1 aromatic carbocycles. The molecular formula is C19H27N3O3S. The van der Waals surface area contributed by atoms with Gasteiger partial charge >= 0.3 is 0 Å². The minimum atomic E-state index is -3.47. The first-order valence-corrected chi connectivity index (χ1v) is 11.0. The largest absolute Gasteiger partial charge is 0.309 e. The van der Waals surface area contributed by atoms with Crippen molar-refractivity contribution in [1.82, 2.24) is 9.21 Å². The van der Waals surface area contributed by atoms with Crippen LogP contribution in [0.15, 0.2) is 23.1 Å². The summed E-state index contributed by atoms with van der Waals surface area (Å²) in [6, 6.07) is 5.39. The van der Waals surface area contributed by atoms with Gasteiger partial charge in [-0.05, 0) is 56.5 Å². The Hall–Kier alpha value is -1.44. The Morgan fingerprint density at radius 2 is 1.85 bits per heavy atom. The minimum absolute atomic E-state index is 0.101. The fraction of sp³-hybridized carbons (Fsp3) is 0.632. The van der Waals surface area contributed by atoms with E-state index < -0.39 is 10.0 Å². The predicted molar refractivity (Wildman–Crippen MR) is 101 cm³/mol. The van der Waals surface area contributed by atoms with Crippen LogP contribution in [0.4, 0.5) is 5.69 Å². The molecule has 1 aliphatic carbocycles. The first kappa shape index (κ1) is 17.9. The van der Waals surface area contributed by atoms with Crippen LogP contribution in [0.5, 0.6) is 0 Å². The summed E-state index contributed by atoms with van der Waals surface area (Å²) in [5.74, 6) is 0.365. The molecule has 4 rings (SSSR count). The number of nitrogens with zero attached hydrogens (tertiary/aromatic N) is 3. The number of sulfonamides is 1. The maximum Gasteiger partial charge on any atom is 0.243 e. The molecule has 2 fully saturated rings. The Morgan fingerprint density at radius 3 is 2.46 bits per heavy atom. The third-order valence-electron chi connectivity index (χ3n) is 5.85. The summed E-state index contributed by atoms with van der Waals surface area (Å²) >= 11 is 0. The highest BCUT2D eigenvalue weighted by Gasteiger charge is 2.40. The molecule has 0 aromatic heterocycles. The fourth-order valence-corrected chi connectivity index (χ4v) is 5.54. The molecule has 0 bridgehead atoms. The van der Waals surface area contributed by atoms with Gasteiger partial charge in [0.15, 0.2) is 0 Å². The van der Waals surface area contributed by atoms with Crippen molar-refractivity contribution in [1.29, 1.82) is 0 Å². The number of carbonyl (C=O) groups is 1. The predicted octanol–water partition coefficient (Wildman–Crippen LogP) is 1.70. The van der Waals surface area contributed by atoms with Gasteiger partial charge in [0.2, 0.25) is 15.9 Å². The second-order valence-electron chi connectivity index (χ2n) is 7.66. The lowest BCUT2D eigenvalue weighted by Crippen LogP contribution is -2.48. The lowest BCUT2D eigenvalue weighted by atomic mass is 10.1. The number of amides is 1. The molecule has 2 aliphatic heterocycles. The van der Waals surface area contributed by atoms with Gasteiger partial charge in [-0.3, -0.25) is 4.79 Å². The summed E-state index contributed by atoms with van der Waals surface area (Å²) in [4.78, 5) is 17.1. The Balaban J connectivity index is 1.58. The Kier molecular flexibility index (Phi) is 4.57. The minimum Gasteiger partial charge on any atom is -0.309 e.